The van der Waals surface area contributed by atoms with E-state index in [-0.39, 0.29) is 6.10 Å². The largest absolute Gasteiger partial charge is 0.301 e. The first-order chi connectivity index (χ1) is 5.72. The van der Waals surface area contributed by atoms with Gasteiger partial charge in [0, 0.05) is 11.4 Å². The molecule has 1 unspecified atom stereocenters. The van der Waals surface area contributed by atoms with Crippen LogP contribution >= 0.6 is 11.6 Å². The molecule has 0 amide bonds. The van der Waals surface area contributed by atoms with Crippen molar-refractivity contribution in [2.24, 2.45) is 5.90 Å². The molecule has 1 aromatic rings. The molecule has 2 N–H and O–H groups in total. The Morgan fingerprint density at radius 1 is 1.58 bits per heavy atom. The molecule has 0 aliphatic rings. The van der Waals surface area contributed by atoms with Crippen LogP contribution in [0.3, 0.4) is 0 Å². The molecule has 0 aliphatic heterocycles. The molecule has 2 nitrogen and oxygen atoms in total. The average molecular weight is 186 g/mol. The normalized spacial score (nSPS) is 12.9. The van der Waals surface area contributed by atoms with Crippen molar-refractivity contribution in [3.05, 3.63) is 34.9 Å². The Morgan fingerprint density at radius 2 is 2.33 bits per heavy atom. The Morgan fingerprint density at radius 3 is 2.92 bits per heavy atom. The molecule has 1 atom stereocenters. The molecular formula is C9H12ClNO. The molecule has 1 rings (SSSR count). The van der Waals surface area contributed by atoms with Crippen molar-refractivity contribution in [3.63, 3.8) is 0 Å². The van der Waals surface area contributed by atoms with Crippen LogP contribution in [0.15, 0.2) is 24.3 Å². The van der Waals surface area contributed by atoms with Crippen LogP contribution in [0.1, 0.15) is 12.5 Å². The maximum Gasteiger partial charge on any atom is 0.0799 e. The van der Waals surface area contributed by atoms with Crippen LogP contribution < -0.4 is 5.90 Å². The maximum atomic E-state index is 5.80. The van der Waals surface area contributed by atoms with Crippen LogP contribution in [0.4, 0.5) is 0 Å². The fraction of sp³-hybridized carbons (Fsp3) is 0.333. The summed E-state index contributed by atoms with van der Waals surface area (Å²) in [5.41, 5.74) is 1.14. The van der Waals surface area contributed by atoms with Gasteiger partial charge in [-0.15, -0.1) is 0 Å². The van der Waals surface area contributed by atoms with Gasteiger partial charge in [-0.05, 0) is 24.6 Å². The van der Waals surface area contributed by atoms with E-state index in [0.717, 1.165) is 17.0 Å². The predicted octanol–water partition coefficient (Wildman–Crippen LogP) is 2.16. The topological polar surface area (TPSA) is 35.2 Å². The van der Waals surface area contributed by atoms with Gasteiger partial charge in [-0.2, -0.15) is 0 Å². The van der Waals surface area contributed by atoms with Crippen LogP contribution in [0, 0.1) is 0 Å². The summed E-state index contributed by atoms with van der Waals surface area (Å²) in [6, 6.07) is 7.68. The minimum atomic E-state index is 0.0310. The third-order valence-corrected chi connectivity index (χ3v) is 1.88. The van der Waals surface area contributed by atoms with Crippen molar-refractivity contribution >= 4 is 11.6 Å². The van der Waals surface area contributed by atoms with Gasteiger partial charge in [0.05, 0.1) is 6.10 Å². The molecule has 12 heavy (non-hydrogen) atoms. The van der Waals surface area contributed by atoms with E-state index < -0.39 is 0 Å². The third kappa shape index (κ3) is 2.81. The van der Waals surface area contributed by atoms with Gasteiger partial charge in [-0.3, -0.25) is 0 Å². The van der Waals surface area contributed by atoms with Crippen molar-refractivity contribution in [2.75, 3.05) is 0 Å². The molecule has 0 spiro atoms. The van der Waals surface area contributed by atoms with Gasteiger partial charge in [0.15, 0.2) is 0 Å². The maximum absolute atomic E-state index is 5.80. The molecule has 0 fully saturated rings. The molecule has 0 saturated heterocycles. The number of halogens is 1. The average Bonchev–Trinajstić information content (AvgIpc) is 2.04. The van der Waals surface area contributed by atoms with Crippen LogP contribution in [0.5, 0.6) is 0 Å². The van der Waals surface area contributed by atoms with E-state index in [1.54, 1.807) is 0 Å². The van der Waals surface area contributed by atoms with E-state index in [0.29, 0.717) is 0 Å². The first-order valence-corrected chi connectivity index (χ1v) is 4.20. The van der Waals surface area contributed by atoms with Crippen molar-refractivity contribution in [3.8, 4) is 0 Å². The van der Waals surface area contributed by atoms with Crippen molar-refractivity contribution in [2.45, 2.75) is 19.4 Å². The Balaban J connectivity index is 2.63. The predicted molar refractivity (Wildman–Crippen MR) is 49.9 cm³/mol. The molecular weight excluding hydrogens is 174 g/mol. The lowest BCUT2D eigenvalue weighted by Crippen LogP contribution is -2.15. The van der Waals surface area contributed by atoms with Crippen molar-refractivity contribution in [1.82, 2.24) is 0 Å². The second-order valence-corrected chi connectivity index (χ2v) is 3.22. The summed E-state index contributed by atoms with van der Waals surface area (Å²) in [6.07, 6.45) is 0.820. The molecule has 0 saturated carbocycles. The fourth-order valence-electron chi connectivity index (χ4n) is 1.04. The van der Waals surface area contributed by atoms with Gasteiger partial charge in [0.1, 0.15) is 0 Å². The van der Waals surface area contributed by atoms with Gasteiger partial charge >= 0.3 is 0 Å². The van der Waals surface area contributed by atoms with Crippen molar-refractivity contribution < 1.29 is 4.84 Å². The zero-order valence-corrected chi connectivity index (χ0v) is 7.71. The van der Waals surface area contributed by atoms with Crippen LogP contribution in [-0.2, 0) is 11.3 Å². The number of hydrogen-bond acceptors (Lipinski definition) is 2. The first kappa shape index (κ1) is 9.52. The van der Waals surface area contributed by atoms with E-state index in [1.807, 2.05) is 31.2 Å². The highest BCUT2D eigenvalue weighted by Crippen LogP contribution is 2.12. The fourth-order valence-corrected chi connectivity index (χ4v) is 1.26. The molecule has 0 aliphatic carbocycles. The Labute approximate surface area is 77.2 Å². The molecule has 1 aromatic carbocycles. The number of nitrogens with two attached hydrogens (primary N) is 1. The second-order valence-electron chi connectivity index (χ2n) is 2.78. The number of hydrogen-bond donors (Lipinski definition) is 1. The zero-order chi connectivity index (χ0) is 8.97. The summed E-state index contributed by atoms with van der Waals surface area (Å²) in [4.78, 5) is 4.65. The molecule has 0 bridgehead atoms. The van der Waals surface area contributed by atoms with Gasteiger partial charge in [-0.25, -0.2) is 5.90 Å². The highest BCUT2D eigenvalue weighted by Gasteiger charge is 2.01. The summed E-state index contributed by atoms with van der Waals surface area (Å²) in [7, 11) is 0. The van der Waals surface area contributed by atoms with E-state index >= 15 is 0 Å². The SMILES string of the molecule is CC(Cc1cccc(Cl)c1)ON. The van der Waals surface area contributed by atoms with E-state index in [1.165, 1.54) is 0 Å². The quantitative estimate of drug-likeness (QED) is 0.733. The van der Waals surface area contributed by atoms with E-state index in [4.69, 9.17) is 17.5 Å². The molecule has 66 valence electrons. The van der Waals surface area contributed by atoms with E-state index in [2.05, 4.69) is 4.84 Å². The van der Waals surface area contributed by atoms with E-state index in [9.17, 15) is 0 Å². The summed E-state index contributed by atoms with van der Waals surface area (Å²) in [5.74, 6) is 5.02. The number of rotatable bonds is 3. The summed E-state index contributed by atoms with van der Waals surface area (Å²) < 4.78 is 0. The Bertz CT molecular complexity index is 252. The Kier molecular flexibility index (Phi) is 3.53. The minimum absolute atomic E-state index is 0.0310. The van der Waals surface area contributed by atoms with Crippen molar-refractivity contribution in [1.29, 1.82) is 0 Å². The van der Waals surface area contributed by atoms with Crippen LogP contribution in [0.25, 0.3) is 0 Å². The molecule has 3 heteroatoms. The highest BCUT2D eigenvalue weighted by atomic mass is 35.5. The summed E-state index contributed by atoms with van der Waals surface area (Å²) in [6.45, 7) is 1.92. The monoisotopic (exact) mass is 185 g/mol. The number of benzene rings is 1. The van der Waals surface area contributed by atoms with Gasteiger partial charge in [-0.1, -0.05) is 23.7 Å². The lowest BCUT2D eigenvalue weighted by Gasteiger charge is -2.07. The van der Waals surface area contributed by atoms with Gasteiger partial charge in [0.25, 0.3) is 0 Å². The smallest absolute Gasteiger partial charge is 0.0799 e. The lowest BCUT2D eigenvalue weighted by atomic mass is 10.1. The minimum Gasteiger partial charge on any atom is -0.301 e. The lowest BCUT2D eigenvalue weighted by molar-refractivity contribution is 0.0671. The summed E-state index contributed by atoms with van der Waals surface area (Å²) >= 11 is 5.80. The second kappa shape index (κ2) is 4.45. The Hall–Kier alpha value is -0.570. The van der Waals surface area contributed by atoms with Crippen LogP contribution in [-0.4, -0.2) is 6.10 Å². The summed E-state index contributed by atoms with van der Waals surface area (Å²) in [5, 5.41) is 0.747. The highest BCUT2D eigenvalue weighted by molar-refractivity contribution is 6.30. The standard InChI is InChI=1S/C9H12ClNO/c1-7(12-11)5-8-3-2-4-9(10)6-8/h2-4,6-7H,5,11H2,1H3. The molecule has 0 aromatic heterocycles. The van der Waals surface area contributed by atoms with Crippen LogP contribution in [0.2, 0.25) is 5.02 Å². The van der Waals surface area contributed by atoms with Gasteiger partial charge in [0.2, 0.25) is 0 Å². The first-order valence-electron chi connectivity index (χ1n) is 3.82. The zero-order valence-electron chi connectivity index (χ0n) is 6.96. The van der Waals surface area contributed by atoms with Gasteiger partial charge < -0.3 is 4.84 Å². The third-order valence-electron chi connectivity index (χ3n) is 1.64. The molecule has 0 radical (unpaired) electrons. The molecule has 0 heterocycles.